The van der Waals surface area contributed by atoms with Gasteiger partial charge >= 0.3 is 0 Å². The zero-order chi connectivity index (χ0) is 18.5. The smallest absolute Gasteiger partial charge is 0.131 e. The zero-order valence-corrected chi connectivity index (χ0v) is 15.7. The van der Waals surface area contributed by atoms with Crippen molar-refractivity contribution >= 4 is 0 Å². The highest BCUT2D eigenvalue weighted by Gasteiger charge is 2.08. The van der Waals surface area contributed by atoms with E-state index in [2.05, 4.69) is 56.3 Å². The molecule has 0 unspecified atom stereocenters. The molecule has 0 aliphatic heterocycles. The Morgan fingerprint density at radius 1 is 0.808 bits per heavy atom. The molecule has 0 aliphatic rings. The normalized spacial score (nSPS) is 11.4. The minimum absolute atomic E-state index is 0.184. The highest BCUT2D eigenvalue weighted by Crippen LogP contribution is 2.29. The molecule has 0 atom stereocenters. The Kier molecular flexibility index (Phi) is 5.68. The van der Waals surface area contributed by atoms with E-state index in [1.54, 1.807) is 6.07 Å². The Hall–Kier alpha value is -2.67. The van der Waals surface area contributed by atoms with Crippen LogP contribution < -0.4 is 0 Å². The monoisotopic (exact) mass is 344 g/mol. The lowest BCUT2D eigenvalue weighted by atomic mass is 9.96. The fourth-order valence-electron chi connectivity index (χ4n) is 3.06. The van der Waals surface area contributed by atoms with Crippen LogP contribution in [0.5, 0.6) is 0 Å². The van der Waals surface area contributed by atoms with Crippen LogP contribution in [0.15, 0.2) is 78.9 Å². The van der Waals surface area contributed by atoms with E-state index >= 15 is 0 Å². The summed E-state index contributed by atoms with van der Waals surface area (Å²) in [5.74, 6) is 0.315. The summed E-state index contributed by atoms with van der Waals surface area (Å²) in [7, 11) is 0. The number of allylic oxidation sites excluding steroid dienone is 2. The first kappa shape index (κ1) is 18.1. The van der Waals surface area contributed by atoms with Crippen molar-refractivity contribution < 1.29 is 4.39 Å². The lowest BCUT2D eigenvalue weighted by molar-refractivity contribution is 0.632. The summed E-state index contributed by atoms with van der Waals surface area (Å²) in [6.45, 7) is 6.36. The van der Waals surface area contributed by atoms with Crippen molar-refractivity contribution in [3.8, 4) is 22.3 Å². The third-order valence-corrected chi connectivity index (χ3v) is 4.73. The molecule has 0 nitrogen and oxygen atoms in total. The molecule has 0 heterocycles. The molecule has 0 bridgehead atoms. The maximum absolute atomic E-state index is 14.7. The molecule has 26 heavy (non-hydrogen) atoms. The van der Waals surface area contributed by atoms with Gasteiger partial charge in [-0.3, -0.25) is 0 Å². The van der Waals surface area contributed by atoms with Crippen molar-refractivity contribution in [2.45, 2.75) is 33.1 Å². The van der Waals surface area contributed by atoms with E-state index in [4.69, 9.17) is 0 Å². The van der Waals surface area contributed by atoms with Gasteiger partial charge in [0.05, 0.1) is 0 Å². The van der Waals surface area contributed by atoms with Crippen LogP contribution in [0.25, 0.3) is 22.3 Å². The molecule has 0 aliphatic carbocycles. The average molecular weight is 344 g/mol. The van der Waals surface area contributed by atoms with Gasteiger partial charge in [-0.05, 0) is 53.1 Å². The van der Waals surface area contributed by atoms with Crippen LogP contribution in [-0.4, -0.2) is 0 Å². The molecule has 1 heteroatoms. The van der Waals surface area contributed by atoms with E-state index in [1.165, 1.54) is 11.1 Å². The minimum Gasteiger partial charge on any atom is -0.206 e. The molecule has 0 fully saturated rings. The quantitative estimate of drug-likeness (QED) is 0.423. The van der Waals surface area contributed by atoms with Gasteiger partial charge in [0, 0.05) is 5.56 Å². The average Bonchev–Trinajstić information content (AvgIpc) is 2.67. The molecular formula is C25H25F. The van der Waals surface area contributed by atoms with Crippen molar-refractivity contribution in [3.05, 3.63) is 95.8 Å². The van der Waals surface area contributed by atoms with Crippen molar-refractivity contribution in [2.24, 2.45) is 0 Å². The Morgan fingerprint density at radius 2 is 1.42 bits per heavy atom. The largest absolute Gasteiger partial charge is 0.206 e. The number of hydrogen-bond donors (Lipinski definition) is 0. The van der Waals surface area contributed by atoms with Crippen LogP contribution in [0.2, 0.25) is 0 Å². The molecule has 0 amide bonds. The molecule has 0 saturated heterocycles. The third-order valence-electron chi connectivity index (χ3n) is 4.73. The fourth-order valence-corrected chi connectivity index (χ4v) is 3.06. The van der Waals surface area contributed by atoms with E-state index in [-0.39, 0.29) is 5.82 Å². The van der Waals surface area contributed by atoms with E-state index in [9.17, 15) is 4.39 Å². The Morgan fingerprint density at radius 3 is 2.00 bits per heavy atom. The van der Waals surface area contributed by atoms with E-state index < -0.39 is 0 Å². The maximum atomic E-state index is 14.7. The van der Waals surface area contributed by atoms with Gasteiger partial charge in [-0.25, -0.2) is 4.39 Å². The summed E-state index contributed by atoms with van der Waals surface area (Å²) in [5, 5.41) is 0. The third kappa shape index (κ3) is 4.11. The highest BCUT2D eigenvalue weighted by molar-refractivity contribution is 5.71. The molecular weight excluding hydrogens is 319 g/mol. The molecule has 0 spiro atoms. The fraction of sp³-hybridized carbons (Fsp3) is 0.200. The van der Waals surface area contributed by atoms with Crippen LogP contribution in [-0.2, 0) is 6.42 Å². The van der Waals surface area contributed by atoms with Crippen molar-refractivity contribution in [2.75, 3.05) is 0 Å². The molecule has 0 radical (unpaired) electrons. The van der Waals surface area contributed by atoms with Gasteiger partial charge in [-0.2, -0.15) is 0 Å². The van der Waals surface area contributed by atoms with Gasteiger partial charge in [0.1, 0.15) is 5.82 Å². The first-order chi connectivity index (χ1) is 12.6. The second-order valence-electron chi connectivity index (χ2n) is 6.94. The van der Waals surface area contributed by atoms with Crippen LogP contribution in [0.4, 0.5) is 4.39 Å². The molecule has 3 aromatic carbocycles. The van der Waals surface area contributed by atoms with Crippen molar-refractivity contribution in [1.29, 1.82) is 0 Å². The summed E-state index contributed by atoms with van der Waals surface area (Å²) in [6, 6.07) is 22.0. The van der Waals surface area contributed by atoms with E-state index in [0.717, 1.165) is 23.1 Å². The van der Waals surface area contributed by atoms with Gasteiger partial charge in [-0.1, -0.05) is 86.7 Å². The Balaban J connectivity index is 1.85. The van der Waals surface area contributed by atoms with Gasteiger partial charge < -0.3 is 0 Å². The summed E-state index contributed by atoms with van der Waals surface area (Å²) in [6.07, 6.45) is 5.07. The van der Waals surface area contributed by atoms with Crippen LogP contribution in [0.3, 0.4) is 0 Å². The lowest BCUT2D eigenvalue weighted by Crippen LogP contribution is -1.89. The summed E-state index contributed by atoms with van der Waals surface area (Å²) in [5.41, 5.74) is 6.03. The first-order valence-electron chi connectivity index (χ1n) is 9.19. The number of rotatable bonds is 5. The maximum Gasteiger partial charge on any atom is 0.131 e. The standard InChI is InChI=1S/C25H25F/c1-4-5-6-19-7-9-22(10-8-19)24-16-15-23(17-25(24)26)21-13-11-20(12-14-21)18(2)3/h4-5,7-18H,6H2,1-3H3/b5-4+. The Labute approximate surface area is 156 Å². The van der Waals surface area contributed by atoms with Gasteiger partial charge in [0.15, 0.2) is 0 Å². The van der Waals surface area contributed by atoms with Crippen molar-refractivity contribution in [3.63, 3.8) is 0 Å². The number of halogens is 1. The Bertz CT molecular complexity index is 884. The zero-order valence-electron chi connectivity index (χ0n) is 15.7. The topological polar surface area (TPSA) is 0 Å². The molecule has 0 N–H and O–H groups in total. The van der Waals surface area contributed by atoms with E-state index in [1.807, 2.05) is 37.3 Å². The van der Waals surface area contributed by atoms with E-state index in [0.29, 0.717) is 11.5 Å². The summed E-state index contributed by atoms with van der Waals surface area (Å²) < 4.78 is 14.7. The van der Waals surface area contributed by atoms with Gasteiger partial charge in [0.2, 0.25) is 0 Å². The van der Waals surface area contributed by atoms with Crippen LogP contribution >= 0.6 is 0 Å². The highest BCUT2D eigenvalue weighted by atomic mass is 19.1. The SMILES string of the molecule is C/C=C/Cc1ccc(-c2ccc(-c3ccc(C(C)C)cc3)cc2F)cc1. The number of benzene rings is 3. The minimum atomic E-state index is -0.184. The first-order valence-corrected chi connectivity index (χ1v) is 9.19. The second kappa shape index (κ2) is 8.14. The lowest BCUT2D eigenvalue weighted by Gasteiger charge is -2.09. The van der Waals surface area contributed by atoms with Gasteiger partial charge in [0.25, 0.3) is 0 Å². The predicted octanol–water partition coefficient (Wildman–Crippen LogP) is 7.40. The summed E-state index contributed by atoms with van der Waals surface area (Å²) in [4.78, 5) is 0. The molecule has 3 aromatic rings. The molecule has 0 saturated carbocycles. The van der Waals surface area contributed by atoms with Crippen molar-refractivity contribution in [1.82, 2.24) is 0 Å². The van der Waals surface area contributed by atoms with Crippen LogP contribution in [0, 0.1) is 5.82 Å². The predicted molar refractivity (Wildman–Crippen MR) is 110 cm³/mol. The second-order valence-corrected chi connectivity index (χ2v) is 6.94. The van der Waals surface area contributed by atoms with Gasteiger partial charge in [-0.15, -0.1) is 0 Å². The molecule has 0 aromatic heterocycles. The summed E-state index contributed by atoms with van der Waals surface area (Å²) >= 11 is 0. The molecule has 132 valence electrons. The number of hydrogen-bond acceptors (Lipinski definition) is 0. The van der Waals surface area contributed by atoms with Crippen LogP contribution in [0.1, 0.15) is 37.8 Å². The molecule has 3 rings (SSSR count).